The third-order valence-corrected chi connectivity index (χ3v) is 5.30. The van der Waals surface area contributed by atoms with Gasteiger partial charge in [-0.25, -0.2) is 8.42 Å². The maximum Gasteiger partial charge on any atom is 0.262 e. The highest BCUT2D eigenvalue weighted by Crippen LogP contribution is 2.25. The average molecular weight is 333 g/mol. The van der Waals surface area contributed by atoms with Crippen LogP contribution in [0.15, 0.2) is 59.6 Å². The number of benzene rings is 2. The molecule has 2 aromatic carbocycles. The van der Waals surface area contributed by atoms with Crippen molar-refractivity contribution in [2.75, 3.05) is 4.72 Å². The number of sulfonamides is 1. The van der Waals surface area contributed by atoms with Crippen LogP contribution in [0.5, 0.6) is 0 Å². The molecule has 0 radical (unpaired) electrons. The van der Waals surface area contributed by atoms with Gasteiger partial charge >= 0.3 is 0 Å². The molecule has 0 amide bonds. The fourth-order valence-corrected chi connectivity index (χ4v) is 3.78. The lowest BCUT2D eigenvalue weighted by atomic mass is 10.2. The van der Waals surface area contributed by atoms with E-state index >= 15 is 0 Å². The van der Waals surface area contributed by atoms with Gasteiger partial charge in [0.25, 0.3) is 10.0 Å². The van der Waals surface area contributed by atoms with Crippen LogP contribution in [0.25, 0.3) is 10.9 Å². The van der Waals surface area contributed by atoms with E-state index in [0.717, 1.165) is 10.9 Å². The molecule has 0 atom stereocenters. The topological polar surface area (TPSA) is 59.1 Å². The van der Waals surface area contributed by atoms with Gasteiger partial charge in [0.1, 0.15) is 0 Å². The van der Waals surface area contributed by atoms with Crippen LogP contribution in [0, 0.1) is 6.92 Å². The number of nitrogens with zero attached hydrogens (tertiary/aromatic N) is 1. The molecule has 0 unspecified atom stereocenters. The molecule has 0 saturated carbocycles. The molecule has 0 fully saturated rings. The first-order valence-corrected chi connectivity index (χ1v) is 8.46. The molecular formula is C16H13ClN2O2S. The van der Waals surface area contributed by atoms with Crippen molar-refractivity contribution in [2.24, 2.45) is 0 Å². The van der Waals surface area contributed by atoms with Crippen molar-refractivity contribution in [1.82, 2.24) is 4.98 Å². The summed E-state index contributed by atoms with van der Waals surface area (Å²) in [7, 11) is -3.69. The van der Waals surface area contributed by atoms with Crippen LogP contribution in [0.3, 0.4) is 0 Å². The quantitative estimate of drug-likeness (QED) is 0.788. The van der Waals surface area contributed by atoms with Crippen molar-refractivity contribution >= 4 is 38.2 Å². The summed E-state index contributed by atoms with van der Waals surface area (Å²) in [5.41, 5.74) is 1.82. The Labute approximate surface area is 133 Å². The summed E-state index contributed by atoms with van der Waals surface area (Å²) in [6.07, 6.45) is 1.70. The first-order chi connectivity index (χ1) is 10.5. The summed E-state index contributed by atoms with van der Waals surface area (Å²) >= 11 is 6.00. The smallest absolute Gasteiger partial charge is 0.262 e. The van der Waals surface area contributed by atoms with Crippen LogP contribution in [0.1, 0.15) is 5.56 Å². The molecule has 1 heterocycles. The minimum absolute atomic E-state index is 0.172. The summed E-state index contributed by atoms with van der Waals surface area (Å²) in [4.78, 5) is 4.38. The van der Waals surface area contributed by atoms with Crippen molar-refractivity contribution in [2.45, 2.75) is 11.8 Å². The first kappa shape index (κ1) is 14.8. The van der Waals surface area contributed by atoms with E-state index in [1.807, 2.05) is 12.1 Å². The molecule has 112 valence electrons. The molecule has 0 saturated heterocycles. The Hall–Kier alpha value is -2.11. The van der Waals surface area contributed by atoms with Gasteiger partial charge in [-0.15, -0.1) is 0 Å². The van der Waals surface area contributed by atoms with Crippen molar-refractivity contribution in [3.05, 3.63) is 65.3 Å². The maximum atomic E-state index is 12.5. The summed E-state index contributed by atoms with van der Waals surface area (Å²) < 4.78 is 27.6. The van der Waals surface area contributed by atoms with Crippen LogP contribution in [-0.2, 0) is 10.0 Å². The summed E-state index contributed by atoms with van der Waals surface area (Å²) in [6.45, 7) is 1.68. The van der Waals surface area contributed by atoms with Gasteiger partial charge in [0.2, 0.25) is 0 Å². The zero-order valence-electron chi connectivity index (χ0n) is 11.7. The lowest BCUT2D eigenvalue weighted by molar-refractivity contribution is 0.600. The Balaban J connectivity index is 2.01. The van der Waals surface area contributed by atoms with Crippen LogP contribution in [-0.4, -0.2) is 13.4 Å². The Kier molecular flexibility index (Phi) is 3.76. The number of nitrogens with one attached hydrogen (secondary N) is 1. The number of aromatic nitrogens is 1. The molecule has 0 spiro atoms. The van der Waals surface area contributed by atoms with Crippen LogP contribution >= 0.6 is 11.6 Å². The normalized spacial score (nSPS) is 11.5. The maximum absolute atomic E-state index is 12.5. The third-order valence-electron chi connectivity index (χ3n) is 3.36. The molecule has 4 nitrogen and oxygen atoms in total. The Morgan fingerprint density at radius 3 is 2.73 bits per heavy atom. The molecule has 0 aliphatic rings. The molecule has 0 aliphatic heterocycles. The number of anilines is 1. The van der Waals surface area contributed by atoms with Gasteiger partial charge in [-0.2, -0.15) is 0 Å². The standard InChI is InChI=1S/C16H13ClN2O2S/c1-11-14(17)5-2-6-16(11)22(20,21)19-13-7-8-15-12(10-13)4-3-9-18-15/h2-10,19H,1H3. The van der Waals surface area contributed by atoms with Gasteiger partial charge in [0, 0.05) is 22.3 Å². The van der Waals surface area contributed by atoms with Crippen molar-refractivity contribution < 1.29 is 8.42 Å². The fourth-order valence-electron chi connectivity index (χ4n) is 2.23. The summed E-state index contributed by atoms with van der Waals surface area (Å²) in [5, 5.41) is 1.29. The first-order valence-electron chi connectivity index (χ1n) is 6.60. The van der Waals surface area contributed by atoms with Crippen LogP contribution in [0.2, 0.25) is 5.02 Å². The van der Waals surface area contributed by atoms with E-state index in [1.165, 1.54) is 6.07 Å². The van der Waals surface area contributed by atoms with E-state index in [9.17, 15) is 8.42 Å². The zero-order valence-corrected chi connectivity index (χ0v) is 13.3. The predicted molar refractivity (Wildman–Crippen MR) is 88.7 cm³/mol. The van der Waals surface area contributed by atoms with Gasteiger partial charge in [-0.05, 0) is 48.9 Å². The Morgan fingerprint density at radius 1 is 1.09 bits per heavy atom. The molecule has 1 N–H and O–H groups in total. The van der Waals surface area contributed by atoms with Gasteiger partial charge in [0.15, 0.2) is 0 Å². The predicted octanol–water partition coefficient (Wildman–Crippen LogP) is 4.00. The lowest BCUT2D eigenvalue weighted by Gasteiger charge is -2.11. The largest absolute Gasteiger partial charge is 0.280 e. The fraction of sp³-hybridized carbons (Fsp3) is 0.0625. The van der Waals surface area contributed by atoms with Crippen molar-refractivity contribution in [3.8, 4) is 0 Å². The van der Waals surface area contributed by atoms with Gasteiger partial charge in [-0.1, -0.05) is 23.7 Å². The van der Waals surface area contributed by atoms with E-state index < -0.39 is 10.0 Å². The van der Waals surface area contributed by atoms with E-state index in [4.69, 9.17) is 11.6 Å². The van der Waals surface area contributed by atoms with Crippen LogP contribution < -0.4 is 4.72 Å². The van der Waals surface area contributed by atoms with Crippen molar-refractivity contribution in [1.29, 1.82) is 0 Å². The number of halogens is 1. The number of rotatable bonds is 3. The zero-order chi connectivity index (χ0) is 15.7. The molecular weight excluding hydrogens is 320 g/mol. The van der Waals surface area contributed by atoms with Gasteiger partial charge < -0.3 is 0 Å². The van der Waals surface area contributed by atoms with E-state index in [0.29, 0.717) is 16.3 Å². The monoisotopic (exact) mass is 332 g/mol. The van der Waals surface area contributed by atoms with Gasteiger partial charge in [-0.3, -0.25) is 9.71 Å². The second-order valence-electron chi connectivity index (χ2n) is 4.88. The molecule has 1 aromatic heterocycles. The third kappa shape index (κ3) is 2.77. The average Bonchev–Trinajstić information content (AvgIpc) is 2.49. The molecule has 22 heavy (non-hydrogen) atoms. The van der Waals surface area contributed by atoms with E-state index in [-0.39, 0.29) is 4.90 Å². The van der Waals surface area contributed by atoms with Gasteiger partial charge in [0.05, 0.1) is 10.4 Å². The minimum Gasteiger partial charge on any atom is -0.280 e. The number of pyridine rings is 1. The molecule has 3 aromatic rings. The Bertz CT molecular complexity index is 955. The highest BCUT2D eigenvalue weighted by molar-refractivity contribution is 7.92. The van der Waals surface area contributed by atoms with E-state index in [2.05, 4.69) is 9.71 Å². The highest BCUT2D eigenvalue weighted by atomic mass is 35.5. The lowest BCUT2D eigenvalue weighted by Crippen LogP contribution is -2.14. The number of fused-ring (bicyclic) bond motifs is 1. The highest BCUT2D eigenvalue weighted by Gasteiger charge is 2.18. The van der Waals surface area contributed by atoms with Crippen LogP contribution in [0.4, 0.5) is 5.69 Å². The SMILES string of the molecule is Cc1c(Cl)cccc1S(=O)(=O)Nc1ccc2ncccc2c1. The second-order valence-corrected chi connectivity index (χ2v) is 6.94. The molecule has 0 bridgehead atoms. The molecule has 3 rings (SSSR count). The summed E-state index contributed by atoms with van der Waals surface area (Å²) in [6, 6.07) is 13.7. The minimum atomic E-state index is -3.69. The Morgan fingerprint density at radius 2 is 1.91 bits per heavy atom. The second kappa shape index (κ2) is 5.59. The molecule has 6 heteroatoms. The summed E-state index contributed by atoms with van der Waals surface area (Å²) in [5.74, 6) is 0. The number of hydrogen-bond acceptors (Lipinski definition) is 3. The number of hydrogen-bond donors (Lipinski definition) is 1. The van der Waals surface area contributed by atoms with E-state index in [1.54, 1.807) is 43.5 Å². The van der Waals surface area contributed by atoms with Crippen molar-refractivity contribution in [3.63, 3.8) is 0 Å². The molecule has 0 aliphatic carbocycles.